The molecule has 18 heavy (non-hydrogen) atoms. The number of halogens is 1. The molecule has 1 saturated carbocycles. The highest BCUT2D eigenvalue weighted by Gasteiger charge is 2.38. The zero-order valence-electron chi connectivity index (χ0n) is 10.3. The quantitative estimate of drug-likeness (QED) is 0.868. The molecule has 5 nitrogen and oxygen atoms in total. The summed E-state index contributed by atoms with van der Waals surface area (Å²) in [5.41, 5.74) is 0. The van der Waals surface area contributed by atoms with Crippen LogP contribution in [0.4, 0.5) is 5.82 Å². The summed E-state index contributed by atoms with van der Waals surface area (Å²) in [4.78, 5) is 4.07. The van der Waals surface area contributed by atoms with Crippen molar-refractivity contribution in [3.63, 3.8) is 0 Å². The van der Waals surface area contributed by atoms with Gasteiger partial charge in [0.25, 0.3) is 0 Å². The first-order valence-corrected chi connectivity index (χ1v) is 7.69. The first-order chi connectivity index (χ1) is 8.47. The Morgan fingerprint density at radius 1 is 1.56 bits per heavy atom. The van der Waals surface area contributed by atoms with E-state index in [1.807, 2.05) is 0 Å². The monoisotopic (exact) mass is 289 g/mol. The molecule has 7 heteroatoms. The summed E-state index contributed by atoms with van der Waals surface area (Å²) in [6, 6.07) is 1.47. The lowest BCUT2D eigenvalue weighted by molar-refractivity contribution is 0.575. The van der Waals surface area contributed by atoms with Crippen LogP contribution in [0.15, 0.2) is 17.2 Å². The molecule has 1 heterocycles. The molecular formula is C11H16ClN3O2S. The highest BCUT2D eigenvalue weighted by atomic mass is 35.5. The average molecular weight is 290 g/mol. The van der Waals surface area contributed by atoms with Crippen LogP contribution in [-0.4, -0.2) is 26.5 Å². The molecule has 0 amide bonds. The summed E-state index contributed by atoms with van der Waals surface area (Å²) < 4.78 is 26.8. The number of sulfonamides is 1. The largest absolute Gasteiger partial charge is 0.372 e. The summed E-state index contributed by atoms with van der Waals surface area (Å²) in [6.45, 7) is 2.05. The van der Waals surface area contributed by atoms with Crippen LogP contribution in [0.25, 0.3) is 0 Å². The predicted octanol–water partition coefficient (Wildman–Crippen LogP) is 1.85. The number of hydrogen-bond donors (Lipinski definition) is 2. The van der Waals surface area contributed by atoms with Gasteiger partial charge in [-0.3, -0.25) is 0 Å². The van der Waals surface area contributed by atoms with Gasteiger partial charge in [-0.05, 0) is 18.4 Å². The molecule has 0 radical (unpaired) electrons. The van der Waals surface area contributed by atoms with Crippen molar-refractivity contribution >= 4 is 27.4 Å². The molecule has 2 rings (SSSR count). The van der Waals surface area contributed by atoms with Gasteiger partial charge in [-0.1, -0.05) is 24.9 Å². The van der Waals surface area contributed by atoms with E-state index in [9.17, 15) is 8.42 Å². The Balaban J connectivity index is 2.17. The van der Waals surface area contributed by atoms with Gasteiger partial charge in [0, 0.05) is 19.3 Å². The minimum absolute atomic E-state index is 0.0581. The summed E-state index contributed by atoms with van der Waals surface area (Å²) in [5, 5.41) is 3.08. The van der Waals surface area contributed by atoms with E-state index in [1.54, 1.807) is 7.05 Å². The van der Waals surface area contributed by atoms with Gasteiger partial charge in [-0.2, -0.15) is 0 Å². The number of nitrogens with zero attached hydrogens (tertiary/aromatic N) is 1. The van der Waals surface area contributed by atoms with Crippen molar-refractivity contribution in [2.24, 2.45) is 5.92 Å². The van der Waals surface area contributed by atoms with Gasteiger partial charge < -0.3 is 5.32 Å². The number of nitrogens with one attached hydrogen (secondary N) is 2. The van der Waals surface area contributed by atoms with Crippen LogP contribution >= 0.6 is 11.6 Å². The van der Waals surface area contributed by atoms with Crippen LogP contribution in [0.5, 0.6) is 0 Å². The zero-order valence-corrected chi connectivity index (χ0v) is 11.8. The Labute approximate surface area is 112 Å². The number of hydrogen-bond acceptors (Lipinski definition) is 4. The average Bonchev–Trinajstić information content (AvgIpc) is 3.06. The minimum Gasteiger partial charge on any atom is -0.372 e. The Kier molecular flexibility index (Phi) is 3.79. The van der Waals surface area contributed by atoms with E-state index in [2.05, 4.69) is 21.9 Å². The summed E-state index contributed by atoms with van der Waals surface area (Å²) in [7, 11) is -1.83. The van der Waals surface area contributed by atoms with Crippen molar-refractivity contribution < 1.29 is 8.42 Å². The van der Waals surface area contributed by atoms with Crippen molar-refractivity contribution in [2.75, 3.05) is 12.4 Å². The maximum absolute atomic E-state index is 12.1. The highest BCUT2D eigenvalue weighted by molar-refractivity contribution is 7.89. The second-order valence-corrected chi connectivity index (χ2v) is 6.50. The second-order valence-electron chi connectivity index (χ2n) is 4.38. The number of aromatic nitrogens is 1. The number of pyridine rings is 1. The molecule has 1 aromatic heterocycles. The van der Waals surface area contributed by atoms with Crippen molar-refractivity contribution in [1.82, 2.24) is 9.71 Å². The van der Waals surface area contributed by atoms with Gasteiger partial charge in [0.1, 0.15) is 10.7 Å². The molecule has 2 atom stereocenters. The van der Waals surface area contributed by atoms with Crippen molar-refractivity contribution in [2.45, 2.75) is 30.7 Å². The van der Waals surface area contributed by atoms with Crippen LogP contribution in [0, 0.1) is 5.92 Å². The molecule has 2 N–H and O–H groups in total. The molecule has 1 aliphatic carbocycles. The molecule has 100 valence electrons. The molecule has 0 bridgehead atoms. The molecule has 1 aliphatic rings. The number of anilines is 1. The van der Waals surface area contributed by atoms with Crippen LogP contribution in [0.2, 0.25) is 5.02 Å². The van der Waals surface area contributed by atoms with Gasteiger partial charge in [0.2, 0.25) is 10.0 Å². The minimum atomic E-state index is -3.51. The van der Waals surface area contributed by atoms with E-state index in [4.69, 9.17) is 11.6 Å². The summed E-state index contributed by atoms with van der Waals surface area (Å²) >= 11 is 5.93. The standard InChI is InChI=1S/C11H16ClN3O2S/c1-3-7-4-10(7)15-18(16,17)8-5-9(12)11(13-2)14-6-8/h5-7,10,15H,3-4H2,1-2H3,(H,13,14). The van der Waals surface area contributed by atoms with Crippen molar-refractivity contribution in [3.05, 3.63) is 17.3 Å². The van der Waals surface area contributed by atoms with Gasteiger partial charge >= 0.3 is 0 Å². The topological polar surface area (TPSA) is 71.1 Å². The van der Waals surface area contributed by atoms with Gasteiger partial charge in [-0.25, -0.2) is 18.1 Å². The Morgan fingerprint density at radius 2 is 2.28 bits per heavy atom. The first-order valence-electron chi connectivity index (χ1n) is 5.83. The van der Waals surface area contributed by atoms with Gasteiger partial charge in [0.05, 0.1) is 5.02 Å². The molecule has 0 aromatic carbocycles. The predicted molar refractivity (Wildman–Crippen MR) is 71.3 cm³/mol. The molecule has 0 spiro atoms. The third-order valence-corrected chi connectivity index (χ3v) is 4.86. The Bertz CT molecular complexity index is 547. The third-order valence-electron chi connectivity index (χ3n) is 3.12. The van der Waals surface area contributed by atoms with E-state index >= 15 is 0 Å². The fraction of sp³-hybridized carbons (Fsp3) is 0.545. The molecular weight excluding hydrogens is 274 g/mol. The first kappa shape index (κ1) is 13.6. The Morgan fingerprint density at radius 3 is 2.78 bits per heavy atom. The van der Waals surface area contributed by atoms with Gasteiger partial charge in [0.15, 0.2) is 0 Å². The molecule has 0 saturated heterocycles. The van der Waals surface area contributed by atoms with E-state index in [1.165, 1.54) is 12.3 Å². The SMILES string of the molecule is CCC1CC1NS(=O)(=O)c1cnc(NC)c(Cl)c1. The summed E-state index contributed by atoms with van der Waals surface area (Å²) in [6.07, 6.45) is 3.21. The van der Waals surface area contributed by atoms with Crippen molar-refractivity contribution in [3.8, 4) is 0 Å². The van der Waals surface area contributed by atoms with E-state index in [-0.39, 0.29) is 10.9 Å². The molecule has 1 aromatic rings. The summed E-state index contributed by atoms with van der Waals surface area (Å²) in [5.74, 6) is 0.924. The lowest BCUT2D eigenvalue weighted by Crippen LogP contribution is -2.27. The fourth-order valence-electron chi connectivity index (χ4n) is 1.86. The third kappa shape index (κ3) is 2.76. The zero-order chi connectivity index (χ0) is 13.3. The van der Waals surface area contributed by atoms with E-state index in [0.29, 0.717) is 16.8 Å². The van der Waals surface area contributed by atoms with E-state index < -0.39 is 10.0 Å². The molecule has 2 unspecified atom stereocenters. The van der Waals surface area contributed by atoms with Crippen molar-refractivity contribution in [1.29, 1.82) is 0 Å². The highest BCUT2D eigenvalue weighted by Crippen LogP contribution is 2.34. The molecule has 1 fully saturated rings. The smallest absolute Gasteiger partial charge is 0.242 e. The second kappa shape index (κ2) is 5.03. The lowest BCUT2D eigenvalue weighted by atomic mass is 10.3. The molecule has 0 aliphatic heterocycles. The number of rotatable bonds is 5. The maximum atomic E-state index is 12.1. The van der Waals surface area contributed by atoms with Crippen LogP contribution in [0.1, 0.15) is 19.8 Å². The van der Waals surface area contributed by atoms with E-state index in [0.717, 1.165) is 12.8 Å². The fourth-order valence-corrected chi connectivity index (χ4v) is 3.48. The van der Waals surface area contributed by atoms with Crippen LogP contribution in [0.3, 0.4) is 0 Å². The van der Waals surface area contributed by atoms with Crippen LogP contribution < -0.4 is 10.0 Å². The van der Waals surface area contributed by atoms with Crippen LogP contribution in [-0.2, 0) is 10.0 Å². The Hall–Kier alpha value is -0.850. The van der Waals surface area contributed by atoms with Gasteiger partial charge in [-0.15, -0.1) is 0 Å². The normalized spacial score (nSPS) is 22.8. The lowest BCUT2D eigenvalue weighted by Gasteiger charge is -2.08. The maximum Gasteiger partial charge on any atom is 0.242 e.